The van der Waals surface area contributed by atoms with Crippen molar-refractivity contribution in [3.63, 3.8) is 0 Å². The lowest BCUT2D eigenvalue weighted by atomic mass is 10.1. The number of nitrogens with one attached hydrogen (secondary N) is 2. The average Bonchev–Trinajstić information content (AvgIpc) is 3.08. The average molecular weight is 317 g/mol. The molecule has 4 rings (SSSR count). The molecule has 2 N–H and O–H groups in total. The number of ether oxygens (including phenoxy) is 1. The van der Waals surface area contributed by atoms with Crippen LogP contribution in [0.5, 0.6) is 5.75 Å². The SMILES string of the molecule is COc1ccc(Nc2ncnc3[nH]nc(-c4ccccc4)c23)cc1. The number of aromatic nitrogens is 4. The molecule has 6 nitrogen and oxygen atoms in total. The Bertz CT molecular complexity index is 964. The Morgan fingerprint density at radius 1 is 0.958 bits per heavy atom. The lowest BCUT2D eigenvalue weighted by molar-refractivity contribution is 0.415. The van der Waals surface area contributed by atoms with Gasteiger partial charge in [-0.2, -0.15) is 5.10 Å². The Morgan fingerprint density at radius 3 is 2.50 bits per heavy atom. The van der Waals surface area contributed by atoms with Gasteiger partial charge in [-0.15, -0.1) is 0 Å². The summed E-state index contributed by atoms with van der Waals surface area (Å²) in [7, 11) is 1.65. The third kappa shape index (κ3) is 2.54. The summed E-state index contributed by atoms with van der Waals surface area (Å²) in [6.45, 7) is 0. The van der Waals surface area contributed by atoms with Gasteiger partial charge in [-0.05, 0) is 24.3 Å². The van der Waals surface area contributed by atoms with Crippen LogP contribution in [0.4, 0.5) is 11.5 Å². The Balaban J connectivity index is 1.79. The lowest BCUT2D eigenvalue weighted by Crippen LogP contribution is -1.96. The van der Waals surface area contributed by atoms with Crippen LogP contribution in [-0.2, 0) is 0 Å². The molecular formula is C18H15N5O. The molecule has 0 saturated heterocycles. The number of rotatable bonds is 4. The standard InChI is InChI=1S/C18H15N5O/c1-24-14-9-7-13(8-10-14)21-17-15-16(12-5-3-2-4-6-12)22-23-18(15)20-11-19-17/h2-11H,1H3,(H2,19,20,21,22,23). The topological polar surface area (TPSA) is 75.7 Å². The number of hydrogen-bond donors (Lipinski definition) is 2. The first-order chi connectivity index (χ1) is 11.8. The molecule has 4 aromatic rings. The minimum absolute atomic E-state index is 0.694. The molecule has 0 saturated carbocycles. The van der Waals surface area contributed by atoms with E-state index in [1.54, 1.807) is 7.11 Å². The molecule has 2 aromatic heterocycles. The molecule has 2 aromatic carbocycles. The number of H-pyrrole nitrogens is 1. The van der Waals surface area contributed by atoms with Crippen LogP contribution in [-0.4, -0.2) is 27.3 Å². The van der Waals surface area contributed by atoms with Gasteiger partial charge in [-0.1, -0.05) is 30.3 Å². The van der Waals surface area contributed by atoms with Gasteiger partial charge in [-0.3, -0.25) is 5.10 Å². The highest BCUT2D eigenvalue weighted by Gasteiger charge is 2.14. The molecule has 0 aliphatic rings. The highest BCUT2D eigenvalue weighted by molar-refractivity contribution is 5.99. The molecule has 118 valence electrons. The largest absolute Gasteiger partial charge is 0.497 e. The lowest BCUT2D eigenvalue weighted by Gasteiger charge is -2.08. The van der Waals surface area contributed by atoms with Crippen LogP contribution in [0.15, 0.2) is 60.9 Å². The molecule has 24 heavy (non-hydrogen) atoms. The summed E-state index contributed by atoms with van der Waals surface area (Å²) in [5, 5.41) is 11.6. The molecule has 0 fully saturated rings. The predicted octanol–water partition coefficient (Wildman–Crippen LogP) is 3.77. The van der Waals surface area contributed by atoms with Gasteiger partial charge in [0.2, 0.25) is 0 Å². The maximum absolute atomic E-state index is 5.19. The second-order valence-electron chi connectivity index (χ2n) is 5.24. The molecule has 0 bridgehead atoms. The molecule has 0 amide bonds. The van der Waals surface area contributed by atoms with E-state index in [4.69, 9.17) is 4.74 Å². The molecular weight excluding hydrogens is 302 g/mol. The molecule has 0 unspecified atom stereocenters. The zero-order valence-corrected chi connectivity index (χ0v) is 13.0. The number of fused-ring (bicyclic) bond motifs is 1. The van der Waals surface area contributed by atoms with Crippen molar-refractivity contribution >= 4 is 22.5 Å². The summed E-state index contributed by atoms with van der Waals surface area (Å²) >= 11 is 0. The van der Waals surface area contributed by atoms with E-state index < -0.39 is 0 Å². The summed E-state index contributed by atoms with van der Waals surface area (Å²) in [6, 6.07) is 17.6. The first-order valence-electron chi connectivity index (χ1n) is 7.51. The second-order valence-corrected chi connectivity index (χ2v) is 5.24. The van der Waals surface area contributed by atoms with Crippen LogP contribution in [0.1, 0.15) is 0 Å². The van der Waals surface area contributed by atoms with Gasteiger partial charge >= 0.3 is 0 Å². The Labute approximate surface area is 138 Å². The van der Waals surface area contributed by atoms with E-state index in [1.807, 2.05) is 54.6 Å². The summed E-state index contributed by atoms with van der Waals surface area (Å²) < 4.78 is 5.19. The van der Waals surface area contributed by atoms with Crippen LogP contribution >= 0.6 is 0 Å². The fourth-order valence-corrected chi connectivity index (χ4v) is 2.57. The van der Waals surface area contributed by atoms with Crippen molar-refractivity contribution in [3.8, 4) is 17.0 Å². The molecule has 0 spiro atoms. The number of benzene rings is 2. The van der Waals surface area contributed by atoms with Gasteiger partial charge in [0.1, 0.15) is 23.6 Å². The van der Waals surface area contributed by atoms with Crippen molar-refractivity contribution in [1.29, 1.82) is 0 Å². The predicted molar refractivity (Wildman–Crippen MR) is 93.4 cm³/mol. The zero-order valence-electron chi connectivity index (χ0n) is 13.0. The number of methoxy groups -OCH3 is 1. The van der Waals surface area contributed by atoms with Gasteiger partial charge in [-0.25, -0.2) is 9.97 Å². The van der Waals surface area contributed by atoms with E-state index in [9.17, 15) is 0 Å². The smallest absolute Gasteiger partial charge is 0.161 e. The summed E-state index contributed by atoms with van der Waals surface area (Å²) in [6.07, 6.45) is 1.52. The van der Waals surface area contributed by atoms with E-state index in [2.05, 4.69) is 25.5 Å². The third-order valence-corrected chi connectivity index (χ3v) is 3.76. The number of nitrogens with zero attached hydrogens (tertiary/aromatic N) is 3. The minimum Gasteiger partial charge on any atom is -0.497 e. The van der Waals surface area contributed by atoms with Crippen LogP contribution in [0.3, 0.4) is 0 Å². The molecule has 0 atom stereocenters. The maximum Gasteiger partial charge on any atom is 0.161 e. The summed E-state index contributed by atoms with van der Waals surface area (Å²) in [5.74, 6) is 1.51. The number of aromatic amines is 1. The monoisotopic (exact) mass is 317 g/mol. The van der Waals surface area contributed by atoms with Crippen molar-refractivity contribution in [2.45, 2.75) is 0 Å². The molecule has 0 aliphatic heterocycles. The van der Waals surface area contributed by atoms with Gasteiger partial charge in [0.05, 0.1) is 12.5 Å². The van der Waals surface area contributed by atoms with Crippen LogP contribution < -0.4 is 10.1 Å². The van der Waals surface area contributed by atoms with E-state index in [-0.39, 0.29) is 0 Å². The van der Waals surface area contributed by atoms with E-state index in [0.29, 0.717) is 11.5 Å². The van der Waals surface area contributed by atoms with Gasteiger partial charge in [0.25, 0.3) is 0 Å². The fraction of sp³-hybridized carbons (Fsp3) is 0.0556. The van der Waals surface area contributed by atoms with E-state index >= 15 is 0 Å². The van der Waals surface area contributed by atoms with Gasteiger partial charge < -0.3 is 10.1 Å². The fourth-order valence-electron chi connectivity index (χ4n) is 2.57. The van der Waals surface area contributed by atoms with Crippen molar-refractivity contribution < 1.29 is 4.74 Å². The Kier molecular flexibility index (Phi) is 3.55. The van der Waals surface area contributed by atoms with Gasteiger partial charge in [0.15, 0.2) is 5.65 Å². The van der Waals surface area contributed by atoms with Crippen LogP contribution in [0.2, 0.25) is 0 Å². The molecule has 6 heteroatoms. The number of anilines is 2. The zero-order chi connectivity index (χ0) is 16.4. The summed E-state index contributed by atoms with van der Waals surface area (Å²) in [4.78, 5) is 8.66. The highest BCUT2D eigenvalue weighted by Crippen LogP contribution is 2.31. The van der Waals surface area contributed by atoms with Crippen molar-refractivity contribution in [2.24, 2.45) is 0 Å². The molecule has 2 heterocycles. The van der Waals surface area contributed by atoms with Crippen molar-refractivity contribution in [1.82, 2.24) is 20.2 Å². The summed E-state index contributed by atoms with van der Waals surface area (Å²) in [5.41, 5.74) is 3.44. The number of hydrogen-bond acceptors (Lipinski definition) is 5. The second kappa shape index (κ2) is 6.00. The van der Waals surface area contributed by atoms with E-state index in [0.717, 1.165) is 28.1 Å². The minimum atomic E-state index is 0.694. The van der Waals surface area contributed by atoms with Gasteiger partial charge in [0, 0.05) is 11.3 Å². The quantitative estimate of drug-likeness (QED) is 0.599. The normalized spacial score (nSPS) is 10.7. The third-order valence-electron chi connectivity index (χ3n) is 3.76. The Morgan fingerprint density at radius 2 is 1.75 bits per heavy atom. The van der Waals surface area contributed by atoms with Crippen LogP contribution in [0.25, 0.3) is 22.3 Å². The maximum atomic E-state index is 5.19. The first kappa shape index (κ1) is 14.2. The molecule has 0 aliphatic carbocycles. The van der Waals surface area contributed by atoms with E-state index in [1.165, 1.54) is 6.33 Å². The Hall–Kier alpha value is -3.41. The van der Waals surface area contributed by atoms with Crippen molar-refractivity contribution in [3.05, 3.63) is 60.9 Å². The molecule has 0 radical (unpaired) electrons. The van der Waals surface area contributed by atoms with Crippen molar-refractivity contribution in [2.75, 3.05) is 12.4 Å². The highest BCUT2D eigenvalue weighted by atomic mass is 16.5. The van der Waals surface area contributed by atoms with Crippen LogP contribution in [0, 0.1) is 0 Å². The first-order valence-corrected chi connectivity index (χ1v) is 7.51.